The second-order valence-electron chi connectivity index (χ2n) is 7.90. The summed E-state index contributed by atoms with van der Waals surface area (Å²) in [4.78, 5) is 5.72. The van der Waals surface area contributed by atoms with Gasteiger partial charge in [0.2, 0.25) is 6.29 Å². The van der Waals surface area contributed by atoms with Crippen LogP contribution >= 0.6 is 0 Å². The smallest absolute Gasteiger partial charge is 0.229 e. The molecule has 0 bridgehead atoms. The van der Waals surface area contributed by atoms with Crippen molar-refractivity contribution in [3.05, 3.63) is 30.0 Å². The number of ether oxygens (including phenoxy) is 2. The van der Waals surface area contributed by atoms with Crippen LogP contribution in [0.15, 0.2) is 24.4 Å². The lowest BCUT2D eigenvalue weighted by atomic mass is 9.99. The van der Waals surface area contributed by atoms with Crippen LogP contribution in [0.2, 0.25) is 0 Å². The van der Waals surface area contributed by atoms with Gasteiger partial charge in [0.05, 0.1) is 12.1 Å². The molecule has 1 aromatic carbocycles. The predicted molar refractivity (Wildman–Crippen MR) is 113 cm³/mol. The van der Waals surface area contributed by atoms with E-state index in [1.54, 1.807) is 6.07 Å². The number of hydrogen-bond acceptors (Lipinski definition) is 7. The number of rotatable bonds is 10. The SMILES string of the molecule is CCCN(CCC)CCc1c[nH]c2c(OC3OC(CO)C(O)C(O)C3O)cccc12. The van der Waals surface area contributed by atoms with Crippen LogP contribution in [0.3, 0.4) is 0 Å². The summed E-state index contributed by atoms with van der Waals surface area (Å²) in [6, 6.07) is 5.64. The number of benzene rings is 1. The third kappa shape index (κ3) is 4.96. The summed E-state index contributed by atoms with van der Waals surface area (Å²) in [5, 5.41) is 40.6. The molecule has 1 aliphatic rings. The quantitative estimate of drug-likeness (QED) is 0.388. The monoisotopic (exact) mass is 422 g/mol. The van der Waals surface area contributed by atoms with E-state index < -0.39 is 37.3 Å². The fourth-order valence-corrected chi connectivity index (χ4v) is 4.03. The molecule has 1 aliphatic heterocycles. The molecule has 5 N–H and O–H groups in total. The Balaban J connectivity index is 1.75. The van der Waals surface area contributed by atoms with Gasteiger partial charge in [-0.3, -0.25) is 0 Å². The van der Waals surface area contributed by atoms with E-state index in [1.165, 1.54) is 5.56 Å². The molecule has 0 spiro atoms. The Morgan fingerprint density at radius 3 is 2.43 bits per heavy atom. The van der Waals surface area contributed by atoms with Crippen molar-refractivity contribution in [2.75, 3.05) is 26.2 Å². The Hall–Kier alpha value is -1.68. The minimum Gasteiger partial charge on any atom is -0.460 e. The molecule has 5 unspecified atom stereocenters. The molecule has 1 fully saturated rings. The number of nitrogens with zero attached hydrogens (tertiary/aromatic N) is 1. The first-order valence-electron chi connectivity index (χ1n) is 10.8. The van der Waals surface area contributed by atoms with E-state index in [4.69, 9.17) is 9.47 Å². The van der Waals surface area contributed by atoms with Gasteiger partial charge in [-0.2, -0.15) is 0 Å². The van der Waals surface area contributed by atoms with Crippen LogP contribution in [0.5, 0.6) is 5.75 Å². The highest BCUT2D eigenvalue weighted by Crippen LogP contribution is 2.31. The molecule has 8 heteroatoms. The Bertz CT molecular complexity index is 789. The van der Waals surface area contributed by atoms with Crippen LogP contribution in [-0.4, -0.2) is 87.3 Å². The Labute approximate surface area is 177 Å². The van der Waals surface area contributed by atoms with Crippen molar-refractivity contribution in [1.82, 2.24) is 9.88 Å². The molecule has 0 radical (unpaired) electrons. The molecule has 1 saturated heterocycles. The molecule has 2 heterocycles. The van der Waals surface area contributed by atoms with Gasteiger partial charge in [-0.1, -0.05) is 26.0 Å². The maximum Gasteiger partial charge on any atom is 0.229 e. The number of aromatic amines is 1. The van der Waals surface area contributed by atoms with Gasteiger partial charge >= 0.3 is 0 Å². The molecule has 168 valence electrons. The summed E-state index contributed by atoms with van der Waals surface area (Å²) >= 11 is 0. The van der Waals surface area contributed by atoms with E-state index in [-0.39, 0.29) is 0 Å². The van der Waals surface area contributed by atoms with E-state index in [9.17, 15) is 20.4 Å². The average Bonchev–Trinajstić information content (AvgIpc) is 3.17. The fraction of sp³-hybridized carbons (Fsp3) is 0.636. The maximum absolute atomic E-state index is 10.2. The third-order valence-electron chi connectivity index (χ3n) is 5.63. The number of para-hydroxylation sites is 1. The first-order valence-corrected chi connectivity index (χ1v) is 10.8. The maximum atomic E-state index is 10.2. The second-order valence-corrected chi connectivity index (χ2v) is 7.90. The highest BCUT2D eigenvalue weighted by atomic mass is 16.7. The molecule has 0 aliphatic carbocycles. The zero-order valence-electron chi connectivity index (χ0n) is 17.7. The van der Waals surface area contributed by atoms with Gasteiger partial charge in [0.15, 0.2) is 0 Å². The summed E-state index contributed by atoms with van der Waals surface area (Å²) in [5.74, 6) is 0.474. The fourth-order valence-electron chi connectivity index (χ4n) is 4.03. The van der Waals surface area contributed by atoms with Crippen LogP contribution < -0.4 is 4.74 Å². The van der Waals surface area contributed by atoms with Gasteiger partial charge in [-0.25, -0.2) is 0 Å². The third-order valence-corrected chi connectivity index (χ3v) is 5.63. The van der Waals surface area contributed by atoms with Crippen molar-refractivity contribution < 1.29 is 29.9 Å². The number of H-pyrrole nitrogens is 1. The van der Waals surface area contributed by atoms with E-state index in [1.807, 2.05) is 18.3 Å². The van der Waals surface area contributed by atoms with Gasteiger partial charge in [-0.05, 0) is 44.0 Å². The Morgan fingerprint density at radius 1 is 1.03 bits per heavy atom. The van der Waals surface area contributed by atoms with E-state index >= 15 is 0 Å². The molecule has 2 aromatic rings. The molecule has 5 atom stereocenters. The zero-order chi connectivity index (χ0) is 21.7. The number of aromatic nitrogens is 1. The Kier molecular flexibility index (Phi) is 8.10. The average molecular weight is 423 g/mol. The molecule has 8 nitrogen and oxygen atoms in total. The molecule has 1 aromatic heterocycles. The summed E-state index contributed by atoms with van der Waals surface area (Å²) < 4.78 is 11.3. The van der Waals surface area contributed by atoms with Crippen LogP contribution in [0.1, 0.15) is 32.3 Å². The van der Waals surface area contributed by atoms with Crippen molar-refractivity contribution in [3.8, 4) is 5.75 Å². The van der Waals surface area contributed by atoms with Gasteiger partial charge < -0.3 is 39.8 Å². The van der Waals surface area contributed by atoms with Crippen LogP contribution in [0, 0.1) is 0 Å². The summed E-state index contributed by atoms with van der Waals surface area (Å²) in [6.07, 6.45) is -1.39. The van der Waals surface area contributed by atoms with Crippen molar-refractivity contribution in [2.45, 2.75) is 63.8 Å². The number of hydrogen-bond donors (Lipinski definition) is 5. The minimum atomic E-state index is -1.47. The first kappa shape index (κ1) is 23.0. The number of nitrogens with one attached hydrogen (secondary N) is 1. The van der Waals surface area contributed by atoms with Crippen molar-refractivity contribution in [3.63, 3.8) is 0 Å². The lowest BCUT2D eigenvalue weighted by Gasteiger charge is -2.39. The second kappa shape index (κ2) is 10.6. The zero-order valence-corrected chi connectivity index (χ0v) is 17.7. The highest BCUT2D eigenvalue weighted by Gasteiger charge is 2.44. The van der Waals surface area contributed by atoms with Crippen LogP contribution in [-0.2, 0) is 11.2 Å². The topological polar surface area (TPSA) is 118 Å². The van der Waals surface area contributed by atoms with Gasteiger partial charge in [0.1, 0.15) is 30.2 Å². The van der Waals surface area contributed by atoms with Crippen LogP contribution in [0.4, 0.5) is 0 Å². The van der Waals surface area contributed by atoms with Gasteiger partial charge in [-0.15, -0.1) is 0 Å². The summed E-state index contributed by atoms with van der Waals surface area (Å²) in [5.41, 5.74) is 1.96. The first-order chi connectivity index (χ1) is 14.5. The molecule has 30 heavy (non-hydrogen) atoms. The minimum absolute atomic E-state index is 0.474. The number of fused-ring (bicyclic) bond motifs is 1. The van der Waals surface area contributed by atoms with E-state index in [0.717, 1.165) is 49.8 Å². The number of aliphatic hydroxyl groups is 4. The number of aliphatic hydroxyl groups excluding tert-OH is 4. The standard InChI is InChI=1S/C22H34N2O6/c1-3-9-24(10-4-2)11-8-14-12-23-18-15(14)6-5-7-16(18)29-22-21(28)20(27)19(26)17(13-25)30-22/h5-7,12,17,19-23,25-28H,3-4,8-11,13H2,1-2H3. The van der Waals surface area contributed by atoms with Crippen molar-refractivity contribution in [1.29, 1.82) is 0 Å². The highest BCUT2D eigenvalue weighted by molar-refractivity contribution is 5.88. The molecule has 0 amide bonds. The van der Waals surface area contributed by atoms with Gasteiger partial charge in [0.25, 0.3) is 0 Å². The van der Waals surface area contributed by atoms with Gasteiger partial charge in [0, 0.05) is 18.1 Å². The summed E-state index contributed by atoms with van der Waals surface area (Å²) in [6.45, 7) is 7.04. The predicted octanol–water partition coefficient (Wildman–Crippen LogP) is 1.01. The molecular weight excluding hydrogens is 388 g/mol. The van der Waals surface area contributed by atoms with Crippen LogP contribution in [0.25, 0.3) is 10.9 Å². The normalized spacial score (nSPS) is 27.1. The van der Waals surface area contributed by atoms with Crippen molar-refractivity contribution in [2.24, 2.45) is 0 Å². The molecule has 0 saturated carbocycles. The van der Waals surface area contributed by atoms with E-state index in [0.29, 0.717) is 5.75 Å². The summed E-state index contributed by atoms with van der Waals surface area (Å²) in [7, 11) is 0. The molecular formula is C22H34N2O6. The lowest BCUT2D eigenvalue weighted by molar-refractivity contribution is -0.277. The lowest BCUT2D eigenvalue weighted by Crippen LogP contribution is -2.60. The Morgan fingerprint density at radius 2 is 1.77 bits per heavy atom. The largest absolute Gasteiger partial charge is 0.460 e. The molecule has 3 rings (SSSR count). The van der Waals surface area contributed by atoms with E-state index in [2.05, 4.69) is 23.7 Å². The van der Waals surface area contributed by atoms with Crippen molar-refractivity contribution >= 4 is 10.9 Å².